The summed E-state index contributed by atoms with van der Waals surface area (Å²) in [5.41, 5.74) is 7.26. The van der Waals surface area contributed by atoms with E-state index in [2.05, 4.69) is 42.7 Å². The summed E-state index contributed by atoms with van der Waals surface area (Å²) in [5, 5.41) is 0. The molecule has 0 spiro atoms. The van der Waals surface area contributed by atoms with Gasteiger partial charge in [0.2, 0.25) is 0 Å². The first-order valence-electron chi connectivity index (χ1n) is 7.50. The summed E-state index contributed by atoms with van der Waals surface area (Å²) in [5.74, 6) is 5.75. The lowest BCUT2D eigenvalue weighted by Gasteiger charge is -2.19. The number of benzene rings is 1. The molecule has 0 saturated heterocycles. The average molecular weight is 258 g/mol. The monoisotopic (exact) mass is 258 g/mol. The Labute approximate surface area is 117 Å². The van der Waals surface area contributed by atoms with Crippen molar-refractivity contribution in [2.45, 2.75) is 57.9 Å². The van der Waals surface area contributed by atoms with Crippen molar-refractivity contribution in [1.82, 2.24) is 5.43 Å². The smallest absolute Gasteiger partial charge is 0.0422 e. The van der Waals surface area contributed by atoms with Gasteiger partial charge in [-0.1, -0.05) is 47.9 Å². The summed E-state index contributed by atoms with van der Waals surface area (Å²) in [7, 11) is 0. The molecule has 0 heterocycles. The van der Waals surface area contributed by atoms with E-state index in [0.29, 0.717) is 6.04 Å². The van der Waals surface area contributed by atoms with Gasteiger partial charge < -0.3 is 0 Å². The van der Waals surface area contributed by atoms with Crippen LogP contribution in [-0.4, -0.2) is 6.04 Å². The summed E-state index contributed by atoms with van der Waals surface area (Å²) in [6, 6.07) is 9.17. The molecule has 0 aliphatic heterocycles. The van der Waals surface area contributed by atoms with E-state index in [9.17, 15) is 0 Å². The van der Waals surface area contributed by atoms with Crippen LogP contribution in [-0.2, 0) is 6.42 Å². The minimum absolute atomic E-state index is 0.347. The molecular formula is C17H26N2. The molecule has 1 aromatic carbocycles. The Morgan fingerprint density at radius 2 is 1.95 bits per heavy atom. The molecule has 1 aromatic rings. The van der Waals surface area contributed by atoms with Gasteiger partial charge in [-0.2, -0.15) is 0 Å². The molecule has 0 radical (unpaired) electrons. The molecule has 2 rings (SSSR count). The molecule has 1 aliphatic rings. The molecule has 19 heavy (non-hydrogen) atoms. The SMILES string of the molecule is Cc1ccc(CCC(NN)C2=CCCCCC2)cc1. The number of hydrogen-bond donors (Lipinski definition) is 2. The summed E-state index contributed by atoms with van der Waals surface area (Å²) in [6.07, 6.45) is 11.0. The first kappa shape index (κ1) is 14.3. The van der Waals surface area contributed by atoms with E-state index in [0.717, 1.165) is 12.8 Å². The van der Waals surface area contributed by atoms with Gasteiger partial charge in [-0.15, -0.1) is 0 Å². The summed E-state index contributed by atoms with van der Waals surface area (Å²) in [4.78, 5) is 0. The predicted molar refractivity (Wildman–Crippen MR) is 81.8 cm³/mol. The highest BCUT2D eigenvalue weighted by atomic mass is 15.2. The van der Waals surface area contributed by atoms with E-state index in [1.165, 1.54) is 48.8 Å². The van der Waals surface area contributed by atoms with Crippen LogP contribution in [0.1, 0.15) is 49.7 Å². The van der Waals surface area contributed by atoms with Crippen LogP contribution in [0.3, 0.4) is 0 Å². The Morgan fingerprint density at radius 1 is 1.16 bits per heavy atom. The Bertz CT molecular complexity index is 406. The summed E-state index contributed by atoms with van der Waals surface area (Å²) < 4.78 is 0. The van der Waals surface area contributed by atoms with E-state index in [4.69, 9.17) is 5.84 Å². The van der Waals surface area contributed by atoms with Crippen molar-refractivity contribution in [3.05, 3.63) is 47.0 Å². The highest BCUT2D eigenvalue weighted by Gasteiger charge is 2.14. The zero-order valence-electron chi connectivity index (χ0n) is 12.0. The fraction of sp³-hybridized carbons (Fsp3) is 0.529. The molecule has 3 N–H and O–H groups in total. The maximum absolute atomic E-state index is 5.75. The fourth-order valence-electron chi connectivity index (χ4n) is 2.80. The highest BCUT2D eigenvalue weighted by molar-refractivity contribution is 5.22. The van der Waals surface area contributed by atoms with Crippen molar-refractivity contribution in [2.24, 2.45) is 5.84 Å². The minimum Gasteiger partial charge on any atom is -0.271 e. The van der Waals surface area contributed by atoms with E-state index in [1.807, 2.05) is 0 Å². The highest BCUT2D eigenvalue weighted by Crippen LogP contribution is 2.22. The Balaban J connectivity index is 1.91. The van der Waals surface area contributed by atoms with Crippen LogP contribution < -0.4 is 11.3 Å². The molecule has 2 heteroatoms. The predicted octanol–water partition coefficient (Wildman–Crippen LogP) is 3.65. The molecule has 104 valence electrons. The molecule has 0 bridgehead atoms. The minimum atomic E-state index is 0.347. The first-order valence-corrected chi connectivity index (χ1v) is 7.50. The summed E-state index contributed by atoms with van der Waals surface area (Å²) in [6.45, 7) is 2.13. The van der Waals surface area contributed by atoms with Crippen LogP contribution in [0.15, 0.2) is 35.9 Å². The number of nitrogens with two attached hydrogens (primary N) is 1. The Hall–Kier alpha value is -1.12. The van der Waals surface area contributed by atoms with Crippen LogP contribution >= 0.6 is 0 Å². The van der Waals surface area contributed by atoms with Crippen molar-refractivity contribution < 1.29 is 0 Å². The number of hydrogen-bond acceptors (Lipinski definition) is 2. The maximum atomic E-state index is 5.75. The quantitative estimate of drug-likeness (QED) is 0.480. The van der Waals surface area contributed by atoms with E-state index >= 15 is 0 Å². The molecule has 1 unspecified atom stereocenters. The third-order valence-corrected chi connectivity index (χ3v) is 4.07. The largest absolute Gasteiger partial charge is 0.271 e. The van der Waals surface area contributed by atoms with E-state index < -0.39 is 0 Å². The fourth-order valence-corrected chi connectivity index (χ4v) is 2.80. The van der Waals surface area contributed by atoms with E-state index in [1.54, 1.807) is 0 Å². The Morgan fingerprint density at radius 3 is 2.68 bits per heavy atom. The average Bonchev–Trinajstić information content (AvgIpc) is 2.71. The molecule has 2 nitrogen and oxygen atoms in total. The lowest BCUT2D eigenvalue weighted by atomic mass is 9.96. The topological polar surface area (TPSA) is 38.0 Å². The lowest BCUT2D eigenvalue weighted by Crippen LogP contribution is -2.37. The van der Waals surface area contributed by atoms with Crippen LogP contribution in [0.5, 0.6) is 0 Å². The van der Waals surface area contributed by atoms with Gasteiger partial charge in [-0.05, 0) is 51.0 Å². The van der Waals surface area contributed by atoms with Crippen molar-refractivity contribution in [2.75, 3.05) is 0 Å². The van der Waals surface area contributed by atoms with Gasteiger partial charge in [0, 0.05) is 6.04 Å². The molecular weight excluding hydrogens is 232 g/mol. The van der Waals surface area contributed by atoms with Crippen molar-refractivity contribution >= 4 is 0 Å². The van der Waals surface area contributed by atoms with Gasteiger partial charge in [-0.3, -0.25) is 11.3 Å². The van der Waals surface area contributed by atoms with Gasteiger partial charge in [0.15, 0.2) is 0 Å². The van der Waals surface area contributed by atoms with Crippen LogP contribution in [0.4, 0.5) is 0 Å². The zero-order chi connectivity index (χ0) is 13.5. The van der Waals surface area contributed by atoms with Crippen LogP contribution in [0, 0.1) is 6.92 Å². The van der Waals surface area contributed by atoms with Gasteiger partial charge in [0.25, 0.3) is 0 Å². The number of aryl methyl sites for hydroxylation is 2. The molecule has 0 saturated carbocycles. The number of allylic oxidation sites excluding steroid dienone is 1. The van der Waals surface area contributed by atoms with E-state index in [-0.39, 0.29) is 0 Å². The second kappa shape index (κ2) is 7.46. The van der Waals surface area contributed by atoms with Gasteiger partial charge in [0.05, 0.1) is 0 Å². The number of nitrogens with one attached hydrogen (secondary N) is 1. The van der Waals surface area contributed by atoms with Gasteiger partial charge in [0.1, 0.15) is 0 Å². The number of hydrazine groups is 1. The van der Waals surface area contributed by atoms with Crippen LogP contribution in [0.2, 0.25) is 0 Å². The molecule has 0 fully saturated rings. The number of rotatable bonds is 5. The first-order chi connectivity index (χ1) is 9.29. The van der Waals surface area contributed by atoms with Crippen LogP contribution in [0.25, 0.3) is 0 Å². The second-order valence-corrected chi connectivity index (χ2v) is 5.62. The van der Waals surface area contributed by atoms with Crippen molar-refractivity contribution in [3.63, 3.8) is 0 Å². The molecule has 0 aromatic heterocycles. The zero-order valence-corrected chi connectivity index (χ0v) is 12.0. The van der Waals surface area contributed by atoms with Crippen molar-refractivity contribution in [1.29, 1.82) is 0 Å². The lowest BCUT2D eigenvalue weighted by molar-refractivity contribution is 0.532. The third-order valence-electron chi connectivity index (χ3n) is 4.07. The normalized spacial score (nSPS) is 17.7. The van der Waals surface area contributed by atoms with Crippen molar-refractivity contribution in [3.8, 4) is 0 Å². The third kappa shape index (κ3) is 4.48. The standard InChI is InChI=1S/C17H26N2/c1-14-8-10-15(11-9-14)12-13-17(19-18)16-6-4-2-3-5-7-16/h6,8-11,17,19H,2-5,7,12-13,18H2,1H3. The molecule has 1 atom stereocenters. The van der Waals surface area contributed by atoms with Gasteiger partial charge >= 0.3 is 0 Å². The molecule has 0 amide bonds. The maximum Gasteiger partial charge on any atom is 0.0422 e. The van der Waals surface area contributed by atoms with Gasteiger partial charge in [-0.25, -0.2) is 0 Å². The second-order valence-electron chi connectivity index (χ2n) is 5.62. The molecule has 1 aliphatic carbocycles. The Kier molecular flexibility index (Phi) is 5.62. The summed E-state index contributed by atoms with van der Waals surface area (Å²) >= 11 is 0.